The van der Waals surface area contributed by atoms with Crippen LogP contribution in [0, 0.1) is 0 Å². The summed E-state index contributed by atoms with van der Waals surface area (Å²) >= 11 is 0. The molecule has 0 unspecified atom stereocenters. The van der Waals surface area contributed by atoms with Gasteiger partial charge in [0, 0.05) is 58.2 Å². The standard InChI is InChI=1S/C38H26N8/c1-5-13-27(14-6-1)33-34(28-15-7-2-8-16-28)44-37(43-33,31-21-39-25-40-22-31)38(32-23-41-26-42-24-32)45-35(29-17-9-3-10-18-29)36(46-38)30-19-11-4-12-20-30/h1-26H. The predicted molar refractivity (Wildman–Crippen MR) is 179 cm³/mol. The Morgan fingerprint density at radius 2 is 0.543 bits per heavy atom. The third-order valence-corrected chi connectivity index (χ3v) is 8.14. The minimum Gasteiger partial charge on any atom is -0.244 e. The Bertz CT molecular complexity index is 1850. The van der Waals surface area contributed by atoms with Crippen LogP contribution in [0.1, 0.15) is 33.4 Å². The summed E-state index contributed by atoms with van der Waals surface area (Å²) in [5.41, 5.74) is 4.86. The van der Waals surface area contributed by atoms with Gasteiger partial charge in [-0.1, -0.05) is 121 Å². The molecule has 4 aromatic carbocycles. The molecular formula is C38H26N8. The first-order valence-electron chi connectivity index (χ1n) is 14.9. The van der Waals surface area contributed by atoms with Crippen LogP contribution in [0.3, 0.4) is 0 Å². The average Bonchev–Trinajstić information content (AvgIpc) is 3.77. The highest BCUT2D eigenvalue weighted by atomic mass is 15.3. The fraction of sp³-hybridized carbons (Fsp3) is 0.0526. The first-order chi connectivity index (χ1) is 22.8. The average molecular weight is 595 g/mol. The lowest BCUT2D eigenvalue weighted by Crippen LogP contribution is -2.43. The maximum absolute atomic E-state index is 5.57. The van der Waals surface area contributed by atoms with Crippen LogP contribution in [-0.2, 0) is 11.3 Å². The second kappa shape index (κ2) is 11.3. The van der Waals surface area contributed by atoms with Gasteiger partial charge in [-0.25, -0.2) is 39.9 Å². The lowest BCUT2D eigenvalue weighted by atomic mass is 9.84. The Balaban J connectivity index is 1.52. The third kappa shape index (κ3) is 4.47. The number of aromatic nitrogens is 4. The summed E-state index contributed by atoms with van der Waals surface area (Å²) < 4.78 is 0. The molecule has 0 fully saturated rings. The van der Waals surface area contributed by atoms with Gasteiger partial charge in [0.1, 0.15) is 12.7 Å². The fourth-order valence-corrected chi connectivity index (χ4v) is 6.03. The number of benzene rings is 4. The van der Waals surface area contributed by atoms with Gasteiger partial charge >= 0.3 is 0 Å². The van der Waals surface area contributed by atoms with Gasteiger partial charge in [0.25, 0.3) is 0 Å². The molecule has 8 heteroatoms. The molecule has 0 aliphatic carbocycles. The third-order valence-electron chi connectivity index (χ3n) is 8.14. The molecule has 0 radical (unpaired) electrons. The zero-order valence-electron chi connectivity index (χ0n) is 24.6. The van der Waals surface area contributed by atoms with Gasteiger partial charge in [-0.2, -0.15) is 0 Å². The Kier molecular flexibility index (Phi) is 6.72. The molecule has 8 rings (SSSR count). The number of aliphatic imine (C=N–C) groups is 4. The van der Waals surface area contributed by atoms with E-state index in [1.165, 1.54) is 12.7 Å². The van der Waals surface area contributed by atoms with Gasteiger partial charge in [-0.15, -0.1) is 0 Å². The van der Waals surface area contributed by atoms with Crippen molar-refractivity contribution in [2.24, 2.45) is 20.0 Å². The molecule has 0 bridgehead atoms. The summed E-state index contributed by atoms with van der Waals surface area (Å²) in [7, 11) is 0. The zero-order valence-corrected chi connectivity index (χ0v) is 24.6. The fourth-order valence-electron chi connectivity index (χ4n) is 6.03. The van der Waals surface area contributed by atoms with Crippen LogP contribution in [0.15, 0.2) is 179 Å². The normalized spacial score (nSPS) is 16.3. The summed E-state index contributed by atoms with van der Waals surface area (Å²) in [4.78, 5) is 40.0. The van der Waals surface area contributed by atoms with E-state index in [-0.39, 0.29) is 0 Å². The minimum atomic E-state index is -1.47. The molecule has 4 heterocycles. The quantitative estimate of drug-likeness (QED) is 0.218. The lowest BCUT2D eigenvalue weighted by Gasteiger charge is -2.37. The molecular weight excluding hydrogens is 568 g/mol. The molecule has 0 atom stereocenters. The second-order valence-electron chi connectivity index (χ2n) is 10.9. The van der Waals surface area contributed by atoms with E-state index < -0.39 is 11.3 Å². The Hall–Kier alpha value is -6.28. The molecule has 0 N–H and O–H groups in total. The van der Waals surface area contributed by atoms with Crippen molar-refractivity contribution >= 4 is 22.8 Å². The van der Waals surface area contributed by atoms with Crippen molar-refractivity contribution in [3.05, 3.63) is 192 Å². The Labute approximate surface area is 265 Å². The van der Waals surface area contributed by atoms with Crippen LogP contribution in [0.25, 0.3) is 0 Å². The highest BCUT2D eigenvalue weighted by Gasteiger charge is 2.61. The maximum atomic E-state index is 5.57. The van der Waals surface area contributed by atoms with Gasteiger partial charge in [-0.05, 0) is 0 Å². The van der Waals surface area contributed by atoms with E-state index in [1.54, 1.807) is 24.8 Å². The highest BCUT2D eigenvalue weighted by molar-refractivity contribution is 6.55. The molecule has 2 aliphatic rings. The summed E-state index contributed by atoms with van der Waals surface area (Å²) in [6.45, 7) is 0. The monoisotopic (exact) mass is 594 g/mol. The predicted octanol–water partition coefficient (Wildman–Crippen LogP) is 6.26. The topological polar surface area (TPSA) is 101 Å². The van der Waals surface area contributed by atoms with Gasteiger partial charge in [0.15, 0.2) is 0 Å². The van der Waals surface area contributed by atoms with Gasteiger partial charge in [-0.3, -0.25) is 0 Å². The molecule has 46 heavy (non-hydrogen) atoms. The molecule has 0 saturated heterocycles. The smallest absolute Gasteiger partial charge is 0.229 e. The summed E-state index contributed by atoms with van der Waals surface area (Å²) in [5.74, 6) is 0. The largest absolute Gasteiger partial charge is 0.244 e. The zero-order chi connectivity index (χ0) is 30.8. The van der Waals surface area contributed by atoms with E-state index >= 15 is 0 Å². The first kappa shape index (κ1) is 27.3. The number of hydrogen-bond acceptors (Lipinski definition) is 8. The van der Waals surface area contributed by atoms with E-state index in [1.807, 2.05) is 121 Å². The highest BCUT2D eigenvalue weighted by Crippen LogP contribution is 2.54. The van der Waals surface area contributed by atoms with Crippen molar-refractivity contribution in [3.8, 4) is 0 Å². The van der Waals surface area contributed by atoms with E-state index in [0.29, 0.717) is 34.0 Å². The number of hydrogen-bond donors (Lipinski definition) is 0. The molecule has 2 aromatic heterocycles. The van der Waals surface area contributed by atoms with E-state index in [4.69, 9.17) is 20.0 Å². The van der Waals surface area contributed by atoms with Crippen molar-refractivity contribution in [2.45, 2.75) is 11.3 Å². The van der Waals surface area contributed by atoms with Crippen LogP contribution < -0.4 is 0 Å². The van der Waals surface area contributed by atoms with Crippen molar-refractivity contribution < 1.29 is 0 Å². The Morgan fingerprint density at radius 1 is 0.304 bits per heavy atom. The van der Waals surface area contributed by atoms with Crippen LogP contribution in [0.2, 0.25) is 0 Å². The summed E-state index contributed by atoms with van der Waals surface area (Å²) in [6, 6.07) is 40.3. The summed E-state index contributed by atoms with van der Waals surface area (Å²) in [5, 5.41) is 0. The molecule has 8 nitrogen and oxygen atoms in total. The van der Waals surface area contributed by atoms with Crippen molar-refractivity contribution in [1.29, 1.82) is 0 Å². The van der Waals surface area contributed by atoms with Gasteiger partial charge < -0.3 is 0 Å². The van der Waals surface area contributed by atoms with Crippen molar-refractivity contribution in [1.82, 2.24) is 19.9 Å². The molecule has 0 spiro atoms. The van der Waals surface area contributed by atoms with E-state index in [0.717, 1.165) is 22.3 Å². The van der Waals surface area contributed by atoms with Crippen LogP contribution in [-0.4, -0.2) is 42.8 Å². The number of nitrogens with zero attached hydrogens (tertiary/aromatic N) is 8. The molecule has 6 aromatic rings. The SMILES string of the molecule is c1ccc(C2=NC(c3cncnc3)(C3(c4cncnc4)N=C(c4ccccc4)C(c4ccccc4)=N3)N=C2c2ccccc2)cc1. The van der Waals surface area contributed by atoms with Crippen molar-refractivity contribution in [2.75, 3.05) is 0 Å². The molecule has 0 saturated carbocycles. The van der Waals surface area contributed by atoms with Crippen LogP contribution in [0.5, 0.6) is 0 Å². The first-order valence-corrected chi connectivity index (χ1v) is 14.9. The molecule has 2 aliphatic heterocycles. The Morgan fingerprint density at radius 3 is 0.783 bits per heavy atom. The van der Waals surface area contributed by atoms with E-state index in [9.17, 15) is 0 Å². The lowest BCUT2D eigenvalue weighted by molar-refractivity contribution is 0.254. The second-order valence-corrected chi connectivity index (χ2v) is 10.9. The molecule has 218 valence electrons. The van der Waals surface area contributed by atoms with Crippen LogP contribution in [0.4, 0.5) is 0 Å². The summed E-state index contributed by atoms with van der Waals surface area (Å²) in [6.07, 6.45) is 9.98. The van der Waals surface area contributed by atoms with Crippen LogP contribution >= 0.6 is 0 Å². The minimum absolute atomic E-state index is 0.632. The molecule has 0 amide bonds. The number of rotatable bonds is 7. The van der Waals surface area contributed by atoms with Crippen molar-refractivity contribution in [3.63, 3.8) is 0 Å². The van der Waals surface area contributed by atoms with E-state index in [2.05, 4.69) is 19.9 Å². The maximum Gasteiger partial charge on any atom is 0.229 e. The van der Waals surface area contributed by atoms with Gasteiger partial charge in [0.05, 0.1) is 22.8 Å². The van der Waals surface area contributed by atoms with Gasteiger partial charge in [0.2, 0.25) is 11.3 Å².